The Labute approximate surface area is 180 Å². The van der Waals surface area contributed by atoms with E-state index in [0.29, 0.717) is 29.4 Å². The number of ketones is 2. The summed E-state index contributed by atoms with van der Waals surface area (Å²) >= 11 is 0. The molecule has 2 heterocycles. The van der Waals surface area contributed by atoms with Crippen molar-refractivity contribution < 1.29 is 28.2 Å². The Bertz CT molecular complexity index is 1010. The monoisotopic (exact) mass is 427 g/mol. The number of allylic oxidation sites excluding steroid dienone is 2. The highest BCUT2D eigenvalue weighted by Crippen LogP contribution is 2.41. The van der Waals surface area contributed by atoms with E-state index in [1.807, 2.05) is 0 Å². The largest absolute Gasteiger partial charge is 0.493 e. The number of nitrogens with one attached hydrogen (secondary N) is 1. The van der Waals surface area contributed by atoms with Gasteiger partial charge in [-0.15, -0.1) is 0 Å². The van der Waals surface area contributed by atoms with Crippen LogP contribution in [0.5, 0.6) is 17.2 Å². The Balaban J connectivity index is 1.57. The lowest BCUT2D eigenvalue weighted by Crippen LogP contribution is -2.33. The lowest BCUT2D eigenvalue weighted by Gasteiger charge is -2.17. The van der Waals surface area contributed by atoms with Gasteiger partial charge < -0.3 is 28.8 Å². The maximum Gasteiger partial charge on any atom is 0.246 e. The van der Waals surface area contributed by atoms with Crippen molar-refractivity contribution in [2.75, 3.05) is 47.5 Å². The summed E-state index contributed by atoms with van der Waals surface area (Å²) in [4.78, 5) is 32.1. The fourth-order valence-electron chi connectivity index (χ4n) is 3.84. The summed E-state index contributed by atoms with van der Waals surface area (Å²) in [5.41, 5.74) is 0.719. The summed E-state index contributed by atoms with van der Waals surface area (Å²) in [5.74, 6) is 0.532. The molecule has 31 heavy (non-hydrogen) atoms. The van der Waals surface area contributed by atoms with Crippen molar-refractivity contribution in [3.8, 4) is 28.7 Å². The molecule has 1 aromatic heterocycles. The van der Waals surface area contributed by atoms with Gasteiger partial charge in [-0.2, -0.15) is 0 Å². The van der Waals surface area contributed by atoms with Gasteiger partial charge in [0.25, 0.3) is 0 Å². The summed E-state index contributed by atoms with van der Waals surface area (Å²) < 4.78 is 21.8. The smallest absolute Gasteiger partial charge is 0.246 e. The van der Waals surface area contributed by atoms with Crippen LogP contribution in [-0.2, 0) is 0 Å². The molecular weight excluding hydrogens is 402 g/mol. The molecule has 9 nitrogen and oxygen atoms in total. The summed E-state index contributed by atoms with van der Waals surface area (Å²) in [7, 11) is 4.50. The highest BCUT2D eigenvalue weighted by Gasteiger charge is 2.32. The minimum Gasteiger partial charge on any atom is -0.493 e. The highest BCUT2D eigenvalue weighted by molar-refractivity contribution is 6.22. The van der Waals surface area contributed by atoms with Crippen LogP contribution < -0.4 is 19.5 Å². The molecule has 0 amide bonds. The van der Waals surface area contributed by atoms with Crippen LogP contribution in [0.4, 0.5) is 0 Å². The van der Waals surface area contributed by atoms with Gasteiger partial charge in [0.1, 0.15) is 0 Å². The number of Topliss-reactive ketones (excluding diaryl/α,β-unsaturated/α-hetero) is 1. The highest BCUT2D eigenvalue weighted by atomic mass is 16.5. The van der Waals surface area contributed by atoms with Gasteiger partial charge in [0.05, 0.1) is 27.0 Å². The van der Waals surface area contributed by atoms with E-state index in [1.54, 1.807) is 12.1 Å². The predicted molar refractivity (Wildman–Crippen MR) is 112 cm³/mol. The van der Waals surface area contributed by atoms with Crippen LogP contribution in [0.3, 0.4) is 0 Å². The molecule has 4 rings (SSSR count). The molecule has 0 radical (unpaired) electrons. The number of aromatic nitrogens is 1. The van der Waals surface area contributed by atoms with Gasteiger partial charge in [0.2, 0.25) is 29.0 Å². The van der Waals surface area contributed by atoms with E-state index >= 15 is 0 Å². The summed E-state index contributed by atoms with van der Waals surface area (Å²) in [6.07, 6.45) is 3.69. The van der Waals surface area contributed by atoms with Crippen LogP contribution in [0.1, 0.15) is 33.9 Å². The molecule has 9 heteroatoms. The third kappa shape index (κ3) is 4.00. The van der Waals surface area contributed by atoms with Crippen LogP contribution in [0.25, 0.3) is 11.5 Å². The molecule has 1 aromatic carbocycles. The molecule has 0 unspecified atom stereocenters. The first-order chi connectivity index (χ1) is 15.0. The van der Waals surface area contributed by atoms with Crippen molar-refractivity contribution >= 4 is 11.6 Å². The number of carbonyl (C=O) groups is 2. The number of hydrogen-bond acceptors (Lipinski definition) is 9. The van der Waals surface area contributed by atoms with Gasteiger partial charge in [-0.05, 0) is 38.1 Å². The molecule has 164 valence electrons. The van der Waals surface area contributed by atoms with E-state index in [2.05, 4.69) is 15.2 Å². The summed E-state index contributed by atoms with van der Waals surface area (Å²) in [5, 5.41) is 3.07. The third-order valence-corrected chi connectivity index (χ3v) is 5.44. The number of fused-ring (bicyclic) bond motifs is 1. The average molecular weight is 427 g/mol. The van der Waals surface area contributed by atoms with Crippen molar-refractivity contribution in [3.63, 3.8) is 0 Å². The zero-order valence-corrected chi connectivity index (χ0v) is 17.8. The summed E-state index contributed by atoms with van der Waals surface area (Å²) in [6, 6.07) is 3.30. The van der Waals surface area contributed by atoms with Crippen LogP contribution in [0.2, 0.25) is 0 Å². The van der Waals surface area contributed by atoms with Crippen molar-refractivity contribution in [3.05, 3.63) is 35.4 Å². The van der Waals surface area contributed by atoms with Gasteiger partial charge >= 0.3 is 0 Å². The third-order valence-electron chi connectivity index (χ3n) is 5.44. The Morgan fingerprint density at radius 2 is 1.74 bits per heavy atom. The normalized spacial score (nSPS) is 16.2. The topological polar surface area (TPSA) is 103 Å². The number of rotatable bonds is 8. The minimum atomic E-state index is -0.387. The SMILES string of the molecule is COc1cc(-c2nc3c(o2)C(=O)C(NCCN2CCCC2)=CC3=O)cc(OC)c1OC. The quantitative estimate of drug-likeness (QED) is 0.680. The van der Waals surface area contributed by atoms with Crippen LogP contribution >= 0.6 is 0 Å². The fourth-order valence-corrected chi connectivity index (χ4v) is 3.84. The molecular formula is C22H25N3O6. The number of methoxy groups -OCH3 is 3. The molecule has 0 atom stereocenters. The Hall–Kier alpha value is -3.33. The van der Waals surface area contributed by atoms with Crippen LogP contribution in [0.15, 0.2) is 28.3 Å². The molecule has 0 saturated carbocycles. The first-order valence-electron chi connectivity index (χ1n) is 10.1. The zero-order valence-electron chi connectivity index (χ0n) is 17.8. The number of carbonyl (C=O) groups excluding carboxylic acids is 2. The van der Waals surface area contributed by atoms with E-state index in [0.717, 1.165) is 19.6 Å². The predicted octanol–water partition coefficient (Wildman–Crippen LogP) is 2.32. The standard InChI is InChI=1S/C22H25N3O6/c1-28-16-10-13(11-17(29-2)20(16)30-3)22-24-18-15(26)12-14(19(27)21(18)31-22)23-6-9-25-7-4-5-8-25/h10-12,23H,4-9H2,1-3H3. The average Bonchev–Trinajstić information content (AvgIpc) is 3.46. The zero-order chi connectivity index (χ0) is 22.0. The lowest BCUT2D eigenvalue weighted by molar-refractivity contribution is 0.0956. The van der Waals surface area contributed by atoms with Crippen LogP contribution in [-0.4, -0.2) is 69.0 Å². The summed E-state index contributed by atoms with van der Waals surface area (Å²) in [6.45, 7) is 3.53. The molecule has 1 aliphatic heterocycles. The molecule has 2 aromatic rings. The Morgan fingerprint density at radius 3 is 2.35 bits per heavy atom. The second-order valence-electron chi connectivity index (χ2n) is 7.34. The molecule has 1 aliphatic carbocycles. The number of oxazole rings is 1. The Morgan fingerprint density at radius 1 is 1.06 bits per heavy atom. The van der Waals surface area contributed by atoms with E-state index in [-0.39, 0.29) is 34.6 Å². The maximum atomic E-state index is 12.9. The minimum absolute atomic E-state index is 0.00107. The molecule has 0 spiro atoms. The number of nitrogens with zero attached hydrogens (tertiary/aromatic N) is 2. The maximum absolute atomic E-state index is 12.9. The van der Waals surface area contributed by atoms with Crippen molar-refractivity contribution in [2.45, 2.75) is 12.8 Å². The molecule has 2 aliphatic rings. The van der Waals surface area contributed by atoms with Gasteiger partial charge in [-0.25, -0.2) is 4.98 Å². The molecule has 1 fully saturated rings. The number of ether oxygens (including phenoxy) is 3. The van der Waals surface area contributed by atoms with Gasteiger partial charge in [0, 0.05) is 24.7 Å². The van der Waals surface area contributed by atoms with E-state index in [9.17, 15) is 9.59 Å². The van der Waals surface area contributed by atoms with Gasteiger partial charge in [-0.1, -0.05) is 0 Å². The van der Waals surface area contributed by atoms with Crippen molar-refractivity contribution in [2.24, 2.45) is 0 Å². The fraction of sp³-hybridized carbons (Fsp3) is 0.409. The van der Waals surface area contributed by atoms with Crippen LogP contribution in [0, 0.1) is 0 Å². The first-order valence-corrected chi connectivity index (χ1v) is 10.1. The molecule has 1 N–H and O–H groups in total. The lowest BCUT2D eigenvalue weighted by atomic mass is 10.0. The number of benzene rings is 1. The van der Waals surface area contributed by atoms with Crippen molar-refractivity contribution in [1.29, 1.82) is 0 Å². The van der Waals surface area contributed by atoms with E-state index in [4.69, 9.17) is 18.6 Å². The van der Waals surface area contributed by atoms with Crippen molar-refractivity contribution in [1.82, 2.24) is 15.2 Å². The van der Waals surface area contributed by atoms with Gasteiger partial charge in [0.15, 0.2) is 17.2 Å². The van der Waals surface area contributed by atoms with E-state index in [1.165, 1.54) is 40.2 Å². The number of likely N-dealkylation sites (tertiary alicyclic amines) is 1. The van der Waals surface area contributed by atoms with E-state index < -0.39 is 0 Å². The molecule has 1 saturated heterocycles. The molecule has 0 bridgehead atoms. The first kappa shape index (κ1) is 20.9. The second-order valence-corrected chi connectivity index (χ2v) is 7.34. The van der Waals surface area contributed by atoms with Gasteiger partial charge in [-0.3, -0.25) is 9.59 Å². The second kappa shape index (κ2) is 8.81. The number of hydrogen-bond donors (Lipinski definition) is 1. The Kier molecular flexibility index (Phi) is 5.94.